The monoisotopic (exact) mass is 1260 g/mol. The Labute approximate surface area is 500 Å². The molecule has 33 atom stereocenters. The number of ether oxygens (including phenoxy) is 10. The zero-order valence-electron chi connectivity index (χ0n) is 50.2. The molecule has 8 fully saturated rings. The normalized spacial score (nSPS) is 51.4. The van der Waals surface area contributed by atoms with Crippen LogP contribution in [0.15, 0.2) is 11.6 Å². The minimum Gasteiger partial charge on any atom is -0.389 e. The third-order valence-corrected chi connectivity index (χ3v) is 21.2. The van der Waals surface area contributed by atoms with Gasteiger partial charge in [0.05, 0.1) is 42.2 Å². The molecule has 28 nitrogen and oxygen atoms in total. The first-order valence-electron chi connectivity index (χ1n) is 30.3. The summed E-state index contributed by atoms with van der Waals surface area (Å²) in [6, 6.07) is 0. The van der Waals surface area contributed by atoms with Crippen molar-refractivity contribution < 1.29 is 136 Å². The maximum atomic E-state index is 13.2. The Hall–Kier alpha value is -1.64. The van der Waals surface area contributed by atoms with Crippen molar-refractivity contribution in [3.63, 3.8) is 0 Å². The van der Waals surface area contributed by atoms with Crippen molar-refractivity contribution in [1.29, 1.82) is 0 Å². The molecule has 14 N–H and O–H groups in total. The van der Waals surface area contributed by atoms with E-state index in [-0.39, 0.29) is 55.1 Å². The number of carbonyl (C=O) groups is 1. The summed E-state index contributed by atoms with van der Waals surface area (Å²) in [5.41, 5.74) is -1.39. The lowest BCUT2D eigenvalue weighted by Gasteiger charge is -2.60. The number of carbonyl (C=O) groups excluding carboxylic acids is 1. The van der Waals surface area contributed by atoms with E-state index in [1.54, 1.807) is 6.92 Å². The molecular weight excluding hydrogens is 1160 g/mol. The van der Waals surface area contributed by atoms with Gasteiger partial charge in [-0.15, -0.1) is 0 Å². The fourth-order valence-corrected chi connectivity index (χ4v) is 16.5. The zero-order valence-corrected chi connectivity index (χ0v) is 51.0. The average Bonchev–Trinajstić information content (AvgIpc) is 3.26. The van der Waals surface area contributed by atoms with Crippen molar-refractivity contribution in [2.24, 2.45) is 40.4 Å². The SMILES string of the molecule is CC(C)CC(=O)C[C@](C)(O)[C@H]1CC[C@H]2[C@@H]3C[C@H](O[C@@H]4O[C@H](C)C(O)(O)[C@H](O[C@@H]5O[C@H](C)[C@@H](O[C@@H]6O[C@H](C)[C@H](O)[C@H](O)[C@H]6O[C@@H]6O[C@H](C)[C@H](O)[C@H](O)[C@H]6O)[C@H](O)[C@H]5O[C@@H]5O[C@H](C)[C@@H](O)[C@H](O)[C@H]5O)[C@H]4O)C4C[C@@H](OS(=O)(=O)O)CC[C@]4(C)C3=CC[C@@]21C. The van der Waals surface area contributed by atoms with Gasteiger partial charge in [-0.2, -0.15) is 8.42 Å². The van der Waals surface area contributed by atoms with Crippen LogP contribution in [0.5, 0.6) is 0 Å². The third-order valence-electron chi connectivity index (χ3n) is 20.7. The summed E-state index contributed by atoms with van der Waals surface area (Å²) in [5.74, 6) is -4.10. The highest BCUT2D eigenvalue weighted by atomic mass is 32.3. The maximum absolute atomic E-state index is 13.2. The van der Waals surface area contributed by atoms with Gasteiger partial charge in [0.1, 0.15) is 97.3 Å². The zero-order chi connectivity index (χ0) is 63.4. The van der Waals surface area contributed by atoms with Crippen LogP contribution < -0.4 is 0 Å². The van der Waals surface area contributed by atoms with Crippen molar-refractivity contribution >= 4 is 16.2 Å². The lowest BCUT2D eigenvalue weighted by atomic mass is 9.47. The van der Waals surface area contributed by atoms with Gasteiger partial charge in [-0.25, -0.2) is 4.18 Å². The molecule has 1 unspecified atom stereocenters. The Morgan fingerprint density at radius 1 is 0.628 bits per heavy atom. The van der Waals surface area contributed by atoms with Gasteiger partial charge in [0.2, 0.25) is 5.79 Å². The molecule has 5 saturated heterocycles. The Kier molecular flexibility index (Phi) is 20.5. The predicted molar refractivity (Wildman–Crippen MR) is 290 cm³/mol. The van der Waals surface area contributed by atoms with Gasteiger partial charge in [0.15, 0.2) is 31.5 Å². The molecule has 9 aliphatic rings. The number of aliphatic hydroxyl groups is 13. The largest absolute Gasteiger partial charge is 0.397 e. The van der Waals surface area contributed by atoms with Crippen LogP contribution in [-0.2, 0) is 66.7 Å². The maximum Gasteiger partial charge on any atom is 0.397 e. The third kappa shape index (κ3) is 13.2. The molecule has 0 spiro atoms. The summed E-state index contributed by atoms with van der Waals surface area (Å²) in [6.45, 7) is 16.6. The van der Waals surface area contributed by atoms with Gasteiger partial charge < -0.3 is 114 Å². The van der Waals surface area contributed by atoms with E-state index >= 15 is 0 Å². The number of ketones is 1. The second kappa shape index (κ2) is 25.7. The number of aliphatic hydroxyl groups excluding tert-OH is 10. The van der Waals surface area contributed by atoms with E-state index < -0.39 is 198 Å². The van der Waals surface area contributed by atoms with Crippen LogP contribution in [0.4, 0.5) is 0 Å². The van der Waals surface area contributed by atoms with Crippen LogP contribution >= 0.6 is 0 Å². The van der Waals surface area contributed by atoms with Gasteiger partial charge in [-0.05, 0) is 127 Å². The molecule has 5 heterocycles. The van der Waals surface area contributed by atoms with Gasteiger partial charge in [0, 0.05) is 12.8 Å². The summed E-state index contributed by atoms with van der Waals surface area (Å²) in [5, 5.41) is 148. The highest BCUT2D eigenvalue weighted by Gasteiger charge is 2.65. The molecule has 86 heavy (non-hydrogen) atoms. The quantitative estimate of drug-likeness (QED) is 0.0428. The first-order chi connectivity index (χ1) is 39.9. The van der Waals surface area contributed by atoms with Crippen LogP contribution in [0.1, 0.15) is 127 Å². The fraction of sp³-hybridized carbons (Fsp3) is 0.947. The molecule has 5 aliphatic heterocycles. The molecule has 496 valence electrons. The molecule has 9 rings (SSSR count). The topological polar surface area (TPSA) is 436 Å². The van der Waals surface area contributed by atoms with Gasteiger partial charge in [-0.1, -0.05) is 39.3 Å². The summed E-state index contributed by atoms with van der Waals surface area (Å²) >= 11 is 0. The summed E-state index contributed by atoms with van der Waals surface area (Å²) in [4.78, 5) is 13.2. The number of Topliss-reactive ketones (excluding diaryl/α,β-unsaturated/α-hetero) is 1. The molecule has 0 bridgehead atoms. The van der Waals surface area contributed by atoms with Crippen molar-refractivity contribution in [1.82, 2.24) is 0 Å². The van der Waals surface area contributed by atoms with E-state index in [9.17, 15) is 84.1 Å². The molecule has 3 saturated carbocycles. The summed E-state index contributed by atoms with van der Waals surface area (Å²) < 4.78 is 101. The van der Waals surface area contributed by atoms with Crippen molar-refractivity contribution in [3.05, 3.63) is 11.6 Å². The van der Waals surface area contributed by atoms with Crippen molar-refractivity contribution in [3.8, 4) is 0 Å². The number of allylic oxidation sites excluding steroid dienone is 2. The second-order valence-corrected chi connectivity index (χ2v) is 28.3. The summed E-state index contributed by atoms with van der Waals surface area (Å²) in [6.07, 6.45) is -38.2. The second-order valence-electron chi connectivity index (χ2n) is 27.3. The molecule has 0 aromatic carbocycles. The van der Waals surface area contributed by atoms with Crippen LogP contribution in [0, 0.1) is 40.4 Å². The standard InChI is InChI=1S/C57H94O28S/c1-21(2)17-27(58)20-56(10,69)34-12-11-30-29-19-33(32-18-28(85-86(72,73)74)13-15-54(32,8)31(29)14-16-55(30,34)9)80-51-44(68)48(57(70,71)26(7)79-51)84-53-47(83-50-42(66)39(63)36(60)23(4)76-50)43(67)45(25(6)78-53)81-52-46(40(64)37(61)24(5)77-52)82-49-41(65)38(62)35(59)22(3)75-49/h14,21-26,28-30,32-53,59-71H,11-13,15-20H2,1-10H3,(H,72,73,74)/t22-,23-,24-,25-,26-,28+,29+,30+,32?,33+,34+,35+,36-,37+,38+,39+,40+,41-,42-,43+,44-,45-,46-,47-,48-,49+,50+,51+,52+,53+,54-,55+,56+/m1/s1. The first-order valence-corrected chi connectivity index (χ1v) is 31.7. The minimum atomic E-state index is -4.91. The summed E-state index contributed by atoms with van der Waals surface area (Å²) in [7, 11) is -4.91. The lowest BCUT2D eigenvalue weighted by molar-refractivity contribution is -0.432. The number of hydrogen-bond acceptors (Lipinski definition) is 27. The number of fused-ring (bicyclic) bond motifs is 5. The van der Waals surface area contributed by atoms with E-state index in [1.165, 1.54) is 34.6 Å². The average molecular weight is 1260 g/mol. The minimum absolute atomic E-state index is 0.00611. The Morgan fingerprint density at radius 2 is 1.14 bits per heavy atom. The predicted octanol–water partition coefficient (Wildman–Crippen LogP) is -1.94. The van der Waals surface area contributed by atoms with Crippen LogP contribution in [-0.4, -0.2) is 256 Å². The Bertz CT molecular complexity index is 2490. The van der Waals surface area contributed by atoms with Crippen LogP contribution in [0.2, 0.25) is 0 Å². The van der Waals surface area contributed by atoms with Gasteiger partial charge >= 0.3 is 10.4 Å². The van der Waals surface area contributed by atoms with Crippen LogP contribution in [0.3, 0.4) is 0 Å². The van der Waals surface area contributed by atoms with E-state index in [2.05, 4.69) is 19.9 Å². The molecule has 29 heteroatoms. The molecule has 4 aliphatic carbocycles. The van der Waals surface area contributed by atoms with Crippen LogP contribution in [0.25, 0.3) is 0 Å². The molecular formula is C57H94O28S. The first kappa shape index (κ1) is 68.7. The number of rotatable bonds is 17. The highest BCUT2D eigenvalue weighted by molar-refractivity contribution is 7.80. The Balaban J connectivity index is 1.00. The Morgan fingerprint density at radius 3 is 1.71 bits per heavy atom. The van der Waals surface area contributed by atoms with Crippen molar-refractivity contribution in [2.75, 3.05) is 0 Å². The molecule has 0 aromatic rings. The van der Waals surface area contributed by atoms with E-state index in [0.29, 0.717) is 32.1 Å². The van der Waals surface area contributed by atoms with Gasteiger partial charge in [-0.3, -0.25) is 9.35 Å². The van der Waals surface area contributed by atoms with E-state index in [1.807, 2.05) is 13.8 Å². The van der Waals surface area contributed by atoms with E-state index in [0.717, 1.165) is 5.57 Å². The highest BCUT2D eigenvalue weighted by Crippen LogP contribution is 2.67. The van der Waals surface area contributed by atoms with Gasteiger partial charge in [0.25, 0.3) is 0 Å². The fourth-order valence-electron chi connectivity index (χ4n) is 16.0. The molecule has 0 radical (unpaired) electrons. The smallest absolute Gasteiger partial charge is 0.389 e. The van der Waals surface area contributed by atoms with Crippen molar-refractivity contribution in [2.45, 2.75) is 298 Å². The number of hydrogen-bond donors (Lipinski definition) is 14. The molecule has 0 amide bonds. The molecule has 0 aromatic heterocycles. The lowest BCUT2D eigenvalue weighted by Crippen LogP contribution is -2.70. The van der Waals surface area contributed by atoms with E-state index in [4.69, 9.17) is 51.6 Å².